The first-order valence-corrected chi connectivity index (χ1v) is 19.0. The fourth-order valence-electron chi connectivity index (χ4n) is 7.35. The number of aliphatic hydroxyl groups is 1. The number of aliphatic hydroxyl groups excluding tert-OH is 1. The number of nitriles is 1. The molecule has 4 aromatic rings. The molecule has 296 valence electrons. The first kappa shape index (κ1) is 40.8. The molecular weight excluding hydrogens is 749 g/mol. The summed E-state index contributed by atoms with van der Waals surface area (Å²) in [4.78, 5) is 20.1. The maximum Gasteiger partial charge on any atom is 0.420 e. The van der Waals surface area contributed by atoms with Crippen molar-refractivity contribution >= 4 is 17.6 Å². The van der Waals surface area contributed by atoms with Gasteiger partial charge in [0.25, 0.3) is 0 Å². The summed E-state index contributed by atoms with van der Waals surface area (Å²) in [5, 5.41) is 29.2. The van der Waals surface area contributed by atoms with Gasteiger partial charge in [-0.3, -0.25) is 14.7 Å². The highest BCUT2D eigenvalue weighted by molar-refractivity contribution is 6.32. The molecule has 2 N–H and O–H groups in total. The molecule has 0 amide bonds. The van der Waals surface area contributed by atoms with Gasteiger partial charge in [0, 0.05) is 55.8 Å². The number of carboxylic acid groups (broad SMARTS) is 1. The molecule has 0 aliphatic carbocycles. The van der Waals surface area contributed by atoms with Gasteiger partial charge in [0.05, 0.1) is 23.3 Å². The molecule has 1 aromatic heterocycles. The van der Waals surface area contributed by atoms with Crippen molar-refractivity contribution in [1.29, 1.82) is 5.26 Å². The Morgan fingerprint density at radius 3 is 2.50 bits per heavy atom. The topological polar surface area (TPSA) is 128 Å². The number of alkyl halides is 3. The molecule has 56 heavy (non-hydrogen) atoms. The molecule has 2 aliphatic rings. The maximum absolute atomic E-state index is 14.7. The maximum atomic E-state index is 14.7. The van der Waals surface area contributed by atoms with Crippen LogP contribution in [0.5, 0.6) is 17.2 Å². The minimum absolute atomic E-state index is 0.0116. The highest BCUT2D eigenvalue weighted by atomic mass is 35.5. The second-order valence-corrected chi connectivity index (χ2v) is 14.6. The molecule has 2 aliphatic heterocycles. The lowest BCUT2D eigenvalue weighted by Crippen LogP contribution is -2.44. The van der Waals surface area contributed by atoms with Crippen molar-refractivity contribution in [2.24, 2.45) is 0 Å². The van der Waals surface area contributed by atoms with Crippen LogP contribution in [0.2, 0.25) is 5.02 Å². The predicted octanol–water partition coefficient (Wildman–Crippen LogP) is 8.03. The molecule has 3 aromatic carbocycles. The molecule has 0 unspecified atom stereocenters. The van der Waals surface area contributed by atoms with Gasteiger partial charge in [-0.05, 0) is 79.6 Å². The van der Waals surface area contributed by atoms with E-state index in [0.29, 0.717) is 78.0 Å². The largest absolute Gasteiger partial charge is 0.493 e. The number of benzene rings is 3. The van der Waals surface area contributed by atoms with E-state index in [-0.39, 0.29) is 54.6 Å². The Balaban J connectivity index is 1.23. The molecule has 0 spiro atoms. The van der Waals surface area contributed by atoms with Crippen LogP contribution in [0.25, 0.3) is 11.1 Å². The third kappa shape index (κ3) is 10.1. The molecule has 2 fully saturated rings. The fraction of sp³-hybridized carbons (Fsp3) is 0.405. The zero-order chi connectivity index (χ0) is 39.8. The molecule has 0 radical (unpaired) electrons. The summed E-state index contributed by atoms with van der Waals surface area (Å²) in [5.74, 6) is -0.475. The predicted molar refractivity (Wildman–Crippen MR) is 204 cm³/mol. The molecule has 2 atom stereocenters. The summed E-state index contributed by atoms with van der Waals surface area (Å²) >= 11 is 6.78. The fourth-order valence-corrected chi connectivity index (χ4v) is 7.59. The first-order chi connectivity index (χ1) is 26.9. The second-order valence-electron chi connectivity index (χ2n) is 14.2. The van der Waals surface area contributed by atoms with Gasteiger partial charge in [0.1, 0.15) is 48.1 Å². The highest BCUT2D eigenvalue weighted by Crippen LogP contribution is 2.44. The van der Waals surface area contributed by atoms with Crippen LogP contribution in [0.3, 0.4) is 0 Å². The molecule has 0 saturated carbocycles. The summed E-state index contributed by atoms with van der Waals surface area (Å²) in [7, 11) is 0. The van der Waals surface area contributed by atoms with E-state index < -0.39 is 23.8 Å². The van der Waals surface area contributed by atoms with Crippen molar-refractivity contribution in [1.82, 2.24) is 14.8 Å². The second kappa shape index (κ2) is 18.4. The standard InChI is InChI=1S/C42H44ClF3N4O6/c1-27-30(7-4-8-33(27)34-9-5-11-37(40(34)42(44,45)46)54-16-6-13-49-15-12-32(51)24-49)26-56-39-19-38(55-25-29-17-28(20-47)21-48-22-29)31(18-35(39)43)23-50-14-3-2-10-36(50)41(52)53/h4-5,7-9,11,17-19,21-22,32,36,51H,2-3,6,10,12-16,23-26H2,1H3,(H,52,53)/t32-,36-/m0/s1. The minimum atomic E-state index is -4.69. The number of likely N-dealkylation sites (tertiary alicyclic amines) is 2. The molecule has 14 heteroatoms. The minimum Gasteiger partial charge on any atom is -0.493 e. The van der Waals surface area contributed by atoms with Gasteiger partial charge >= 0.3 is 12.1 Å². The lowest BCUT2D eigenvalue weighted by molar-refractivity contribution is -0.145. The van der Waals surface area contributed by atoms with E-state index in [0.717, 1.165) is 19.4 Å². The van der Waals surface area contributed by atoms with E-state index in [1.165, 1.54) is 18.3 Å². The first-order valence-electron chi connectivity index (χ1n) is 18.6. The summed E-state index contributed by atoms with van der Waals surface area (Å²) in [6, 6.07) is 15.8. The Kier molecular flexibility index (Phi) is 13.4. The lowest BCUT2D eigenvalue weighted by Gasteiger charge is -2.33. The van der Waals surface area contributed by atoms with Crippen molar-refractivity contribution in [3.05, 3.63) is 105 Å². The van der Waals surface area contributed by atoms with E-state index in [9.17, 15) is 33.4 Å². The van der Waals surface area contributed by atoms with Crippen LogP contribution >= 0.6 is 11.6 Å². The van der Waals surface area contributed by atoms with Crippen LogP contribution in [-0.4, -0.2) is 75.9 Å². The van der Waals surface area contributed by atoms with E-state index in [4.69, 9.17) is 25.8 Å². The van der Waals surface area contributed by atoms with Gasteiger partial charge in [0.15, 0.2) is 0 Å². The Morgan fingerprint density at radius 1 is 0.964 bits per heavy atom. The molecule has 2 saturated heterocycles. The van der Waals surface area contributed by atoms with Gasteiger partial charge in [-0.25, -0.2) is 0 Å². The number of β-amino-alcohol motifs (C(OH)–C–C–N with tert-alkyl or cyclic N) is 1. The number of ether oxygens (including phenoxy) is 3. The van der Waals surface area contributed by atoms with Crippen molar-refractivity contribution < 1.29 is 42.4 Å². The van der Waals surface area contributed by atoms with Gasteiger partial charge in [-0.2, -0.15) is 18.4 Å². The number of hydrogen-bond acceptors (Lipinski definition) is 9. The van der Waals surface area contributed by atoms with Crippen LogP contribution in [0, 0.1) is 18.3 Å². The quantitative estimate of drug-likeness (QED) is 0.114. The van der Waals surface area contributed by atoms with Crippen molar-refractivity contribution in [3.63, 3.8) is 0 Å². The SMILES string of the molecule is Cc1c(COc2cc(OCc3cncc(C#N)c3)c(CN3CCCC[C@H]3C(=O)O)cc2Cl)cccc1-c1cccc(OCCCN2CC[C@H](O)C2)c1C(F)(F)F. The number of carbonyl (C=O) groups is 1. The van der Waals surface area contributed by atoms with Gasteiger partial charge < -0.3 is 29.3 Å². The third-order valence-electron chi connectivity index (χ3n) is 10.3. The lowest BCUT2D eigenvalue weighted by atomic mass is 9.92. The average molecular weight is 793 g/mol. The molecule has 3 heterocycles. The van der Waals surface area contributed by atoms with Crippen molar-refractivity contribution in [3.8, 4) is 34.4 Å². The Hall–Kier alpha value is -4.87. The molecule has 0 bridgehead atoms. The van der Waals surface area contributed by atoms with Crippen LogP contribution in [0.4, 0.5) is 13.2 Å². The molecule has 10 nitrogen and oxygen atoms in total. The number of nitrogens with zero attached hydrogens (tertiary/aromatic N) is 4. The van der Waals surface area contributed by atoms with Gasteiger partial charge in [-0.15, -0.1) is 0 Å². The number of carboxylic acids is 1. The number of aromatic nitrogens is 1. The summed E-state index contributed by atoms with van der Waals surface area (Å²) in [6.45, 7) is 4.65. The van der Waals surface area contributed by atoms with Crippen molar-refractivity contribution in [2.75, 3.05) is 32.8 Å². The number of aliphatic carboxylic acids is 1. The van der Waals surface area contributed by atoms with Crippen LogP contribution in [-0.2, 0) is 30.7 Å². The average Bonchev–Trinajstić information content (AvgIpc) is 3.60. The van der Waals surface area contributed by atoms with E-state index in [1.807, 2.05) is 4.90 Å². The number of hydrogen-bond donors (Lipinski definition) is 2. The summed E-state index contributed by atoms with van der Waals surface area (Å²) < 4.78 is 62.3. The zero-order valence-electron chi connectivity index (χ0n) is 31.0. The number of piperidine rings is 1. The number of rotatable bonds is 15. The van der Waals surface area contributed by atoms with E-state index in [1.54, 1.807) is 55.6 Å². The summed E-state index contributed by atoms with van der Waals surface area (Å²) in [5.41, 5.74) is 2.40. The smallest absolute Gasteiger partial charge is 0.420 e. The molecule has 6 rings (SSSR count). The van der Waals surface area contributed by atoms with E-state index in [2.05, 4.69) is 16.0 Å². The Labute approximate surface area is 329 Å². The normalized spacial score (nSPS) is 17.7. The number of halogens is 4. The monoisotopic (exact) mass is 792 g/mol. The Morgan fingerprint density at radius 2 is 1.75 bits per heavy atom. The van der Waals surface area contributed by atoms with Gasteiger partial charge in [-0.1, -0.05) is 48.4 Å². The highest BCUT2D eigenvalue weighted by Gasteiger charge is 2.38. The van der Waals surface area contributed by atoms with Crippen LogP contribution < -0.4 is 14.2 Å². The zero-order valence-corrected chi connectivity index (χ0v) is 31.8. The van der Waals surface area contributed by atoms with Crippen molar-refractivity contribution in [2.45, 2.75) is 77.1 Å². The molecular formula is C42H44ClF3N4O6. The van der Waals surface area contributed by atoms with Crippen LogP contribution in [0.15, 0.2) is 67.0 Å². The third-order valence-corrected chi connectivity index (χ3v) is 10.6. The van der Waals surface area contributed by atoms with Crippen LogP contribution in [0.1, 0.15) is 65.5 Å². The number of pyridine rings is 1. The van der Waals surface area contributed by atoms with E-state index >= 15 is 0 Å². The summed E-state index contributed by atoms with van der Waals surface area (Å²) in [6.07, 6.45) is 1.37. The van der Waals surface area contributed by atoms with Gasteiger partial charge in [0.2, 0.25) is 0 Å². The Bertz CT molecular complexity index is 2060.